The summed E-state index contributed by atoms with van der Waals surface area (Å²) >= 11 is 0. The van der Waals surface area contributed by atoms with Gasteiger partial charge < -0.3 is 10.6 Å². The molecule has 0 radical (unpaired) electrons. The molecule has 33 heavy (non-hydrogen) atoms. The Morgan fingerprint density at radius 1 is 1.00 bits per heavy atom. The van der Waals surface area contributed by atoms with Crippen molar-refractivity contribution >= 4 is 17.0 Å². The van der Waals surface area contributed by atoms with Gasteiger partial charge in [0.1, 0.15) is 11.5 Å². The van der Waals surface area contributed by atoms with Crippen LogP contribution >= 0.6 is 0 Å². The van der Waals surface area contributed by atoms with Crippen molar-refractivity contribution in [1.29, 1.82) is 0 Å². The number of nitrogens with zero attached hydrogens (tertiary/aromatic N) is 6. The van der Waals surface area contributed by atoms with Crippen LogP contribution in [0.1, 0.15) is 19.3 Å². The standard InChI is InChI=1S/C25H24N8/c1-2-11-32-21(5-1)18(13-28-32)19-7-8-24-27-14-22(33(24)31-19)20-4-3-6-23(30-20)29-17-9-10-25(12-17)15-26-16-25/h1-8,11,13-14,17,26H,9-10,12,15-16H2,(H,29,30). The third-order valence-corrected chi connectivity index (χ3v) is 7.13. The van der Waals surface area contributed by atoms with Gasteiger partial charge in [0, 0.05) is 30.9 Å². The van der Waals surface area contributed by atoms with Crippen molar-refractivity contribution in [2.45, 2.75) is 25.3 Å². The lowest BCUT2D eigenvalue weighted by Gasteiger charge is -2.39. The molecule has 1 unspecified atom stereocenters. The summed E-state index contributed by atoms with van der Waals surface area (Å²) < 4.78 is 3.73. The zero-order valence-electron chi connectivity index (χ0n) is 18.1. The molecule has 1 atom stereocenters. The van der Waals surface area contributed by atoms with E-state index in [1.165, 1.54) is 19.3 Å². The molecule has 2 fully saturated rings. The molecule has 1 saturated heterocycles. The van der Waals surface area contributed by atoms with Gasteiger partial charge in [-0.15, -0.1) is 0 Å². The van der Waals surface area contributed by atoms with Gasteiger partial charge in [0.2, 0.25) is 0 Å². The quantitative estimate of drug-likeness (QED) is 0.447. The predicted octanol–water partition coefficient (Wildman–Crippen LogP) is 3.66. The number of aromatic nitrogens is 6. The van der Waals surface area contributed by atoms with Crippen LogP contribution in [0, 0.1) is 5.41 Å². The first-order valence-electron chi connectivity index (χ1n) is 11.5. The molecular weight excluding hydrogens is 412 g/mol. The Labute approximate surface area is 190 Å². The van der Waals surface area contributed by atoms with Crippen molar-refractivity contribution in [1.82, 2.24) is 34.5 Å². The van der Waals surface area contributed by atoms with E-state index in [0.29, 0.717) is 11.5 Å². The lowest BCUT2D eigenvalue weighted by Crippen LogP contribution is -2.52. The van der Waals surface area contributed by atoms with E-state index in [0.717, 1.165) is 52.7 Å². The van der Waals surface area contributed by atoms with Crippen molar-refractivity contribution < 1.29 is 0 Å². The van der Waals surface area contributed by atoms with Gasteiger partial charge in [-0.3, -0.25) is 0 Å². The van der Waals surface area contributed by atoms with Crippen molar-refractivity contribution in [3.05, 3.63) is 67.1 Å². The fraction of sp³-hybridized carbons (Fsp3) is 0.280. The van der Waals surface area contributed by atoms with E-state index >= 15 is 0 Å². The molecule has 5 aromatic heterocycles. The van der Waals surface area contributed by atoms with Crippen LogP contribution in [-0.2, 0) is 0 Å². The smallest absolute Gasteiger partial charge is 0.154 e. The number of fused-ring (bicyclic) bond motifs is 2. The van der Waals surface area contributed by atoms with Crippen molar-refractivity contribution in [3.8, 4) is 22.6 Å². The second kappa shape index (κ2) is 7.11. The highest BCUT2D eigenvalue weighted by molar-refractivity contribution is 5.78. The number of imidazole rings is 1. The van der Waals surface area contributed by atoms with Gasteiger partial charge in [0.25, 0.3) is 0 Å². The van der Waals surface area contributed by atoms with E-state index in [2.05, 4.69) is 32.8 Å². The molecule has 164 valence electrons. The molecule has 8 nitrogen and oxygen atoms in total. The normalized spacial score (nSPS) is 19.3. The Kier molecular flexibility index (Phi) is 4.04. The molecule has 6 heterocycles. The summed E-state index contributed by atoms with van der Waals surface area (Å²) in [6.45, 7) is 2.31. The lowest BCUT2D eigenvalue weighted by atomic mass is 9.80. The van der Waals surface area contributed by atoms with Gasteiger partial charge >= 0.3 is 0 Å². The zero-order valence-corrected chi connectivity index (χ0v) is 18.1. The van der Waals surface area contributed by atoms with Crippen molar-refractivity contribution in [2.75, 3.05) is 18.4 Å². The van der Waals surface area contributed by atoms with Gasteiger partial charge in [0.05, 0.1) is 29.3 Å². The van der Waals surface area contributed by atoms with Crippen LogP contribution in [0.15, 0.2) is 67.1 Å². The fourth-order valence-electron chi connectivity index (χ4n) is 5.32. The number of nitrogens with one attached hydrogen (secondary N) is 2. The highest BCUT2D eigenvalue weighted by atomic mass is 15.3. The summed E-state index contributed by atoms with van der Waals surface area (Å²) in [4.78, 5) is 9.48. The average Bonchev–Trinajstić information content (AvgIpc) is 3.55. The number of anilines is 1. The van der Waals surface area contributed by atoms with Gasteiger partial charge in [0.15, 0.2) is 5.65 Å². The Morgan fingerprint density at radius 3 is 2.85 bits per heavy atom. The third kappa shape index (κ3) is 3.09. The minimum absolute atomic E-state index is 0.484. The average molecular weight is 437 g/mol. The van der Waals surface area contributed by atoms with Gasteiger partial charge in [-0.05, 0) is 61.1 Å². The molecule has 5 aromatic rings. The Balaban J connectivity index is 1.22. The number of hydrogen-bond donors (Lipinski definition) is 2. The summed E-state index contributed by atoms with van der Waals surface area (Å²) in [6, 6.07) is 16.6. The maximum atomic E-state index is 4.92. The van der Waals surface area contributed by atoms with Gasteiger partial charge in [-0.25, -0.2) is 19.0 Å². The van der Waals surface area contributed by atoms with Gasteiger partial charge in [-0.2, -0.15) is 10.2 Å². The van der Waals surface area contributed by atoms with Crippen LogP contribution < -0.4 is 10.6 Å². The van der Waals surface area contributed by atoms with Crippen LogP contribution in [0.4, 0.5) is 5.82 Å². The summed E-state index contributed by atoms with van der Waals surface area (Å²) in [6.07, 6.45) is 9.35. The largest absolute Gasteiger partial charge is 0.367 e. The van der Waals surface area contributed by atoms with Crippen LogP contribution in [0.25, 0.3) is 33.8 Å². The summed E-state index contributed by atoms with van der Waals surface area (Å²) in [5.74, 6) is 0.913. The minimum Gasteiger partial charge on any atom is -0.367 e. The van der Waals surface area contributed by atoms with Crippen LogP contribution in [-0.4, -0.2) is 48.3 Å². The maximum Gasteiger partial charge on any atom is 0.154 e. The molecule has 0 bridgehead atoms. The second-order valence-electron chi connectivity index (χ2n) is 9.32. The first kappa shape index (κ1) is 18.8. The van der Waals surface area contributed by atoms with E-state index in [-0.39, 0.29) is 0 Å². The summed E-state index contributed by atoms with van der Waals surface area (Å²) in [5, 5.41) is 16.5. The monoisotopic (exact) mass is 436 g/mol. The summed E-state index contributed by atoms with van der Waals surface area (Å²) in [7, 11) is 0. The highest BCUT2D eigenvalue weighted by Gasteiger charge is 2.43. The number of pyridine rings is 2. The first-order chi connectivity index (χ1) is 16.3. The van der Waals surface area contributed by atoms with Crippen molar-refractivity contribution in [3.63, 3.8) is 0 Å². The Hall–Kier alpha value is -3.78. The molecule has 0 aromatic carbocycles. The maximum absolute atomic E-state index is 4.92. The molecule has 1 saturated carbocycles. The van der Waals surface area contributed by atoms with E-state index in [9.17, 15) is 0 Å². The van der Waals surface area contributed by atoms with E-state index in [4.69, 9.17) is 10.1 Å². The molecule has 2 N–H and O–H groups in total. The molecule has 1 aliphatic heterocycles. The van der Waals surface area contributed by atoms with Crippen LogP contribution in [0.3, 0.4) is 0 Å². The number of hydrogen-bond acceptors (Lipinski definition) is 6. The van der Waals surface area contributed by atoms with Crippen LogP contribution in [0.2, 0.25) is 0 Å². The van der Waals surface area contributed by atoms with Crippen molar-refractivity contribution in [2.24, 2.45) is 5.41 Å². The SMILES string of the molecule is c1cc(NC2CCC3(CNC3)C2)nc(-c2cnc3ccc(-c4cnn5ccccc45)nn23)c1. The third-order valence-electron chi connectivity index (χ3n) is 7.13. The molecule has 1 spiro atoms. The van der Waals surface area contributed by atoms with E-state index in [1.807, 2.05) is 64.0 Å². The Bertz CT molecular complexity index is 1480. The molecule has 1 aliphatic carbocycles. The molecule has 0 amide bonds. The van der Waals surface area contributed by atoms with Gasteiger partial charge in [-0.1, -0.05) is 12.1 Å². The molecule has 8 heteroatoms. The summed E-state index contributed by atoms with van der Waals surface area (Å²) in [5.41, 5.74) is 5.89. The fourth-order valence-corrected chi connectivity index (χ4v) is 5.32. The molecular formula is C25H24N8. The molecule has 2 aliphatic rings. The molecule has 7 rings (SSSR count). The first-order valence-corrected chi connectivity index (χ1v) is 11.5. The minimum atomic E-state index is 0.484. The highest BCUT2D eigenvalue weighted by Crippen LogP contribution is 2.42. The zero-order chi connectivity index (χ0) is 21.8. The second-order valence-corrected chi connectivity index (χ2v) is 9.32. The predicted molar refractivity (Wildman–Crippen MR) is 127 cm³/mol. The Morgan fingerprint density at radius 2 is 1.97 bits per heavy atom. The lowest BCUT2D eigenvalue weighted by molar-refractivity contribution is 0.176. The van der Waals surface area contributed by atoms with E-state index < -0.39 is 0 Å². The number of rotatable bonds is 4. The van der Waals surface area contributed by atoms with E-state index in [1.54, 1.807) is 0 Å². The topological polar surface area (TPSA) is 84.4 Å². The van der Waals surface area contributed by atoms with Crippen LogP contribution in [0.5, 0.6) is 0 Å².